The Morgan fingerprint density at radius 1 is 1.00 bits per heavy atom. The van der Waals surface area contributed by atoms with Crippen molar-refractivity contribution in [2.24, 2.45) is 0 Å². The van der Waals surface area contributed by atoms with E-state index in [1.54, 1.807) is 70.1 Å². The zero-order valence-electron chi connectivity index (χ0n) is 17.1. The molecule has 7 nitrogen and oxygen atoms in total. The molecule has 0 spiro atoms. The van der Waals surface area contributed by atoms with Gasteiger partial charge in [-0.3, -0.25) is 4.79 Å². The van der Waals surface area contributed by atoms with Gasteiger partial charge in [-0.05, 0) is 18.2 Å². The van der Waals surface area contributed by atoms with E-state index >= 15 is 0 Å². The first-order valence-corrected chi connectivity index (χ1v) is 9.97. The Hall–Kier alpha value is -3.39. The second-order valence-corrected chi connectivity index (χ2v) is 7.39. The molecule has 0 unspecified atom stereocenters. The molecule has 3 aromatic rings. The molecule has 30 heavy (non-hydrogen) atoms. The number of rotatable bonds is 7. The van der Waals surface area contributed by atoms with Gasteiger partial charge < -0.3 is 19.1 Å². The first kappa shape index (κ1) is 21.3. The summed E-state index contributed by atoms with van der Waals surface area (Å²) in [5.41, 5.74) is 1.51. The number of nitrogens with zero attached hydrogens (tertiary/aromatic N) is 2. The number of esters is 1. The zero-order valence-corrected chi connectivity index (χ0v) is 17.9. The fourth-order valence-corrected chi connectivity index (χ4v) is 3.55. The Kier molecular flexibility index (Phi) is 6.68. The molecule has 0 aliphatic rings. The summed E-state index contributed by atoms with van der Waals surface area (Å²) in [4.78, 5) is 31.1. The highest BCUT2D eigenvalue weighted by molar-refractivity contribution is 7.13. The van der Waals surface area contributed by atoms with Gasteiger partial charge in [-0.1, -0.05) is 30.3 Å². The molecule has 0 aliphatic heterocycles. The molecule has 156 valence electrons. The summed E-state index contributed by atoms with van der Waals surface area (Å²) in [6, 6.07) is 14.3. The van der Waals surface area contributed by atoms with Crippen molar-refractivity contribution in [3.63, 3.8) is 0 Å². The van der Waals surface area contributed by atoms with E-state index in [-0.39, 0.29) is 11.6 Å². The van der Waals surface area contributed by atoms with Crippen LogP contribution in [0.2, 0.25) is 0 Å². The summed E-state index contributed by atoms with van der Waals surface area (Å²) in [6.45, 7) is 0. The fraction of sp³-hybridized carbons (Fsp3) is 0.227. The third-order valence-electron chi connectivity index (χ3n) is 4.34. The van der Waals surface area contributed by atoms with Crippen LogP contribution in [0.1, 0.15) is 22.2 Å². The number of methoxy groups -OCH3 is 2. The number of likely N-dealkylation sites (N-methyl/N-ethyl adjacent to an activating group) is 1. The summed E-state index contributed by atoms with van der Waals surface area (Å²) in [7, 11) is 6.35. The molecule has 1 aromatic heterocycles. The molecule has 0 saturated carbocycles. The maximum absolute atomic E-state index is 12.7. The molecule has 2 aromatic carbocycles. The average molecular weight is 426 g/mol. The van der Waals surface area contributed by atoms with E-state index in [2.05, 4.69) is 4.98 Å². The third-order valence-corrected chi connectivity index (χ3v) is 5.23. The van der Waals surface area contributed by atoms with Crippen LogP contribution in [0, 0.1) is 0 Å². The van der Waals surface area contributed by atoms with Crippen LogP contribution < -0.4 is 9.47 Å². The molecule has 0 radical (unpaired) electrons. The lowest BCUT2D eigenvalue weighted by molar-refractivity contribution is -0.138. The smallest absolute Gasteiger partial charge is 0.358 e. The van der Waals surface area contributed by atoms with Gasteiger partial charge in [0.05, 0.1) is 14.2 Å². The number of hydrogen-bond acceptors (Lipinski definition) is 7. The Bertz CT molecular complexity index is 1030. The minimum Gasteiger partial charge on any atom is -0.493 e. The average Bonchev–Trinajstić information content (AvgIpc) is 3.27. The van der Waals surface area contributed by atoms with E-state index in [1.807, 2.05) is 12.1 Å². The molecule has 1 atom stereocenters. The number of aromatic nitrogens is 1. The van der Waals surface area contributed by atoms with Crippen LogP contribution in [0.25, 0.3) is 10.6 Å². The van der Waals surface area contributed by atoms with Gasteiger partial charge in [0.25, 0.3) is 5.91 Å². The maximum atomic E-state index is 12.7. The predicted molar refractivity (Wildman–Crippen MR) is 114 cm³/mol. The summed E-state index contributed by atoms with van der Waals surface area (Å²) >= 11 is 1.30. The van der Waals surface area contributed by atoms with E-state index in [0.29, 0.717) is 22.1 Å². The quantitative estimate of drug-likeness (QED) is 0.535. The van der Waals surface area contributed by atoms with Crippen molar-refractivity contribution in [1.82, 2.24) is 9.88 Å². The SMILES string of the molecule is COc1ccc(-c2nc(C(=O)O[C@@H](C(=O)N(C)C)c3ccccc3)cs2)cc1OC. The molecule has 0 bridgehead atoms. The largest absolute Gasteiger partial charge is 0.493 e. The molecule has 0 fully saturated rings. The Morgan fingerprint density at radius 3 is 2.33 bits per heavy atom. The number of hydrogen-bond donors (Lipinski definition) is 0. The van der Waals surface area contributed by atoms with Crippen molar-refractivity contribution in [3.05, 3.63) is 65.2 Å². The Balaban J connectivity index is 1.84. The van der Waals surface area contributed by atoms with E-state index < -0.39 is 12.1 Å². The van der Waals surface area contributed by atoms with Crippen LogP contribution in [0.3, 0.4) is 0 Å². The lowest BCUT2D eigenvalue weighted by atomic mass is 10.1. The zero-order chi connectivity index (χ0) is 21.7. The lowest BCUT2D eigenvalue weighted by Crippen LogP contribution is -2.31. The van der Waals surface area contributed by atoms with E-state index in [4.69, 9.17) is 14.2 Å². The highest BCUT2D eigenvalue weighted by Crippen LogP contribution is 2.34. The Morgan fingerprint density at radius 2 is 1.70 bits per heavy atom. The molecule has 1 heterocycles. The topological polar surface area (TPSA) is 78.0 Å². The van der Waals surface area contributed by atoms with Gasteiger partial charge in [0.2, 0.25) is 6.10 Å². The number of thiazole rings is 1. The highest BCUT2D eigenvalue weighted by atomic mass is 32.1. The van der Waals surface area contributed by atoms with Gasteiger partial charge in [0.1, 0.15) is 5.01 Å². The maximum Gasteiger partial charge on any atom is 0.358 e. The summed E-state index contributed by atoms with van der Waals surface area (Å²) < 4.78 is 16.1. The van der Waals surface area contributed by atoms with Gasteiger partial charge in [-0.25, -0.2) is 9.78 Å². The monoisotopic (exact) mass is 426 g/mol. The van der Waals surface area contributed by atoms with E-state index in [9.17, 15) is 9.59 Å². The van der Waals surface area contributed by atoms with E-state index in [0.717, 1.165) is 5.56 Å². The van der Waals surface area contributed by atoms with Crippen LogP contribution >= 0.6 is 11.3 Å². The second-order valence-electron chi connectivity index (χ2n) is 6.54. The molecule has 0 saturated heterocycles. The van der Waals surface area contributed by atoms with Crippen LogP contribution in [0.5, 0.6) is 11.5 Å². The summed E-state index contributed by atoms with van der Waals surface area (Å²) in [6.07, 6.45) is -1.04. The van der Waals surface area contributed by atoms with Crippen LogP contribution in [-0.4, -0.2) is 50.1 Å². The van der Waals surface area contributed by atoms with Crippen LogP contribution in [0.4, 0.5) is 0 Å². The number of carbonyl (C=O) groups is 2. The molecular formula is C22H22N2O5S. The van der Waals surface area contributed by atoms with E-state index in [1.165, 1.54) is 16.2 Å². The van der Waals surface area contributed by atoms with Crippen molar-refractivity contribution in [2.45, 2.75) is 6.10 Å². The van der Waals surface area contributed by atoms with Gasteiger partial charge in [-0.2, -0.15) is 0 Å². The van der Waals surface area contributed by atoms with Gasteiger partial charge in [-0.15, -0.1) is 11.3 Å². The number of carbonyl (C=O) groups excluding carboxylic acids is 2. The predicted octanol–water partition coefficient (Wildman–Crippen LogP) is 3.81. The van der Waals surface area contributed by atoms with Crippen molar-refractivity contribution in [3.8, 4) is 22.1 Å². The van der Waals surface area contributed by atoms with Crippen LogP contribution in [0.15, 0.2) is 53.9 Å². The molecular weight excluding hydrogens is 404 g/mol. The first-order valence-electron chi connectivity index (χ1n) is 9.09. The minimum absolute atomic E-state index is 0.136. The van der Waals surface area contributed by atoms with Gasteiger partial charge in [0, 0.05) is 30.6 Å². The van der Waals surface area contributed by atoms with Gasteiger partial charge in [0.15, 0.2) is 17.2 Å². The Labute approximate surface area is 178 Å². The minimum atomic E-state index is -1.04. The number of amides is 1. The second kappa shape index (κ2) is 9.41. The first-order chi connectivity index (χ1) is 14.4. The molecule has 3 rings (SSSR count). The summed E-state index contributed by atoms with van der Waals surface area (Å²) in [5.74, 6) is 0.173. The normalized spacial score (nSPS) is 11.5. The van der Waals surface area contributed by atoms with Crippen molar-refractivity contribution in [2.75, 3.05) is 28.3 Å². The highest BCUT2D eigenvalue weighted by Gasteiger charge is 2.28. The van der Waals surface area contributed by atoms with Gasteiger partial charge >= 0.3 is 5.97 Å². The van der Waals surface area contributed by atoms with Crippen LogP contribution in [-0.2, 0) is 9.53 Å². The van der Waals surface area contributed by atoms with Crippen molar-refractivity contribution < 1.29 is 23.8 Å². The standard InChI is InChI=1S/C22H22N2O5S/c1-24(2)21(25)19(14-8-6-5-7-9-14)29-22(26)16-13-30-20(23-16)15-10-11-17(27-3)18(12-15)28-4/h5-13,19H,1-4H3/t19-/m1/s1. The number of ether oxygens (including phenoxy) is 3. The van der Waals surface area contributed by atoms with Crippen molar-refractivity contribution in [1.29, 1.82) is 0 Å². The fourth-order valence-electron chi connectivity index (χ4n) is 2.76. The van der Waals surface area contributed by atoms with Crippen molar-refractivity contribution >= 4 is 23.2 Å². The molecule has 1 amide bonds. The molecule has 8 heteroatoms. The third kappa shape index (κ3) is 4.60. The number of benzene rings is 2. The summed E-state index contributed by atoms with van der Waals surface area (Å²) in [5, 5.41) is 2.23. The lowest BCUT2D eigenvalue weighted by Gasteiger charge is -2.20. The molecule has 0 N–H and O–H groups in total. The molecule has 0 aliphatic carbocycles.